The molecule has 0 N–H and O–H groups in total. The van der Waals surface area contributed by atoms with Crippen molar-refractivity contribution < 1.29 is 14.0 Å². The predicted octanol–water partition coefficient (Wildman–Crippen LogP) is 3.27. The molecule has 132 valence electrons. The first kappa shape index (κ1) is 17.9. The van der Waals surface area contributed by atoms with E-state index in [0.717, 1.165) is 6.42 Å². The van der Waals surface area contributed by atoms with Gasteiger partial charge in [0.2, 0.25) is 0 Å². The van der Waals surface area contributed by atoms with E-state index < -0.39 is 8.32 Å². The maximum Gasteiger partial charge on any atom is 0.306 e. The fourth-order valence-electron chi connectivity index (χ4n) is 3.68. The van der Waals surface area contributed by atoms with Gasteiger partial charge in [0.15, 0.2) is 0 Å². The molecule has 0 spiro atoms. The molecule has 0 aliphatic carbocycles. The second kappa shape index (κ2) is 7.14. The van der Waals surface area contributed by atoms with Gasteiger partial charge < -0.3 is 9.16 Å². The summed E-state index contributed by atoms with van der Waals surface area (Å²) in [5.74, 6) is -0.115. The number of ether oxygens (including phenoxy) is 1. The van der Waals surface area contributed by atoms with Crippen molar-refractivity contribution in [1.82, 2.24) is 0 Å². The number of carbonyl (C=O) groups is 1. The van der Waals surface area contributed by atoms with E-state index in [1.54, 1.807) is 0 Å². The molecule has 4 heteroatoms. The van der Waals surface area contributed by atoms with E-state index in [2.05, 4.69) is 69.3 Å². The van der Waals surface area contributed by atoms with E-state index in [0.29, 0.717) is 13.0 Å². The summed E-state index contributed by atoms with van der Waals surface area (Å²) in [6, 6.07) is 21.1. The summed E-state index contributed by atoms with van der Waals surface area (Å²) in [6.07, 6.45) is 1.11. The van der Waals surface area contributed by atoms with Crippen molar-refractivity contribution in [2.75, 3.05) is 6.61 Å². The third kappa shape index (κ3) is 3.55. The Morgan fingerprint density at radius 2 is 1.52 bits per heavy atom. The standard InChI is InChI=1S/C21H26O3Si/c1-21(2,3)25(18-10-6-4-7-11-18,19-12-8-5-9-13-19)23-16-17-14-15-20(22)24-17/h4-13,17H,14-16H2,1-3H3/t17-/m0/s1/i14+1,15+1,16+1,17+1,20+1. The van der Waals surface area contributed by atoms with Crippen LogP contribution in [0.1, 0.15) is 33.6 Å². The Labute approximate surface area is 151 Å². The summed E-state index contributed by atoms with van der Waals surface area (Å²) < 4.78 is 12.2. The Kier molecular flexibility index (Phi) is 5.11. The van der Waals surface area contributed by atoms with Gasteiger partial charge in [-0.2, -0.15) is 0 Å². The first-order valence-corrected chi connectivity index (χ1v) is 10.8. The molecule has 3 rings (SSSR count). The summed E-state index contributed by atoms with van der Waals surface area (Å²) in [7, 11) is -2.53. The molecule has 0 bridgehead atoms. The van der Waals surface area contributed by atoms with Crippen LogP contribution in [0.3, 0.4) is 0 Å². The van der Waals surface area contributed by atoms with Crippen molar-refractivity contribution in [3.63, 3.8) is 0 Å². The van der Waals surface area contributed by atoms with E-state index in [9.17, 15) is 4.79 Å². The number of hydrogen-bond acceptors (Lipinski definition) is 3. The SMILES string of the molecule is CC(C)(C)[Si](O[13CH2][13C@@H]1[13CH2][13CH2][13C](=O)O1)(c1ccccc1)c1ccccc1. The van der Waals surface area contributed by atoms with Gasteiger partial charge in [-0.25, -0.2) is 0 Å². The van der Waals surface area contributed by atoms with Gasteiger partial charge in [0.25, 0.3) is 8.32 Å². The normalized spacial score (nSPS) is 18.2. The molecule has 0 unspecified atom stereocenters. The lowest BCUT2D eigenvalue weighted by Gasteiger charge is -2.43. The van der Waals surface area contributed by atoms with Crippen LogP contribution < -0.4 is 10.4 Å². The number of rotatable bonds is 5. The highest BCUT2D eigenvalue weighted by molar-refractivity contribution is 6.99. The minimum absolute atomic E-state index is 0.0572. The maximum absolute atomic E-state index is 11.4. The number of hydrogen-bond donors (Lipinski definition) is 0. The average Bonchev–Trinajstić information content (AvgIpc) is 3.02. The monoisotopic (exact) mass is 359 g/mol. The Balaban J connectivity index is 2.04. The Bertz CT molecular complexity index is 667. The number of carbonyl (C=O) groups excluding carboxylic acids is 1. The van der Waals surface area contributed by atoms with Gasteiger partial charge in [0.1, 0.15) is 6.10 Å². The second-order valence-corrected chi connectivity index (χ2v) is 11.9. The fourth-order valence-corrected chi connectivity index (χ4v) is 8.27. The number of cyclic esters (lactones) is 1. The number of esters is 1. The molecule has 3 nitrogen and oxygen atoms in total. The lowest BCUT2D eigenvalue weighted by atomic mass is 10.2. The van der Waals surface area contributed by atoms with Gasteiger partial charge in [-0.3, -0.25) is 4.79 Å². The number of benzene rings is 2. The molecule has 2 aromatic rings. The van der Waals surface area contributed by atoms with Crippen LogP contribution in [0.15, 0.2) is 60.7 Å². The minimum atomic E-state index is -2.53. The molecular formula is C21H26O3Si. The quantitative estimate of drug-likeness (QED) is 0.467. The summed E-state index contributed by atoms with van der Waals surface area (Å²) in [5.41, 5.74) is 0. The molecule has 1 atom stereocenters. The van der Waals surface area contributed by atoms with E-state index in [1.807, 2.05) is 12.1 Å². The molecule has 1 heterocycles. The topological polar surface area (TPSA) is 35.5 Å². The largest absolute Gasteiger partial charge is 0.460 e. The van der Waals surface area contributed by atoms with Crippen LogP contribution in [0, 0.1) is 0 Å². The Morgan fingerprint density at radius 3 is 1.92 bits per heavy atom. The highest BCUT2D eigenvalue weighted by Crippen LogP contribution is 2.37. The van der Waals surface area contributed by atoms with Crippen molar-refractivity contribution in [1.29, 1.82) is 0 Å². The molecule has 25 heavy (non-hydrogen) atoms. The van der Waals surface area contributed by atoms with Crippen molar-refractivity contribution >= 4 is 24.7 Å². The highest BCUT2D eigenvalue weighted by Gasteiger charge is 2.50. The molecule has 1 aliphatic heterocycles. The van der Waals surface area contributed by atoms with Gasteiger partial charge in [-0.15, -0.1) is 0 Å². The summed E-state index contributed by atoms with van der Waals surface area (Å²) in [5, 5.41) is 2.44. The molecule has 1 fully saturated rings. The van der Waals surface area contributed by atoms with E-state index in [1.165, 1.54) is 10.4 Å². The van der Waals surface area contributed by atoms with Gasteiger partial charge in [-0.1, -0.05) is 81.4 Å². The third-order valence-corrected chi connectivity index (χ3v) is 9.88. The zero-order valence-corrected chi connectivity index (χ0v) is 16.2. The van der Waals surface area contributed by atoms with E-state index in [4.69, 9.17) is 9.16 Å². The van der Waals surface area contributed by atoms with Crippen molar-refractivity contribution in [3.8, 4) is 0 Å². The van der Waals surface area contributed by atoms with Crippen LogP contribution in [-0.4, -0.2) is 27.0 Å². The van der Waals surface area contributed by atoms with Crippen molar-refractivity contribution in [2.45, 2.75) is 44.8 Å². The zero-order chi connectivity index (χ0) is 17.9. The van der Waals surface area contributed by atoms with Crippen LogP contribution in [-0.2, 0) is 14.0 Å². The van der Waals surface area contributed by atoms with Crippen LogP contribution >= 0.6 is 0 Å². The van der Waals surface area contributed by atoms with Crippen LogP contribution in [0.2, 0.25) is 5.04 Å². The van der Waals surface area contributed by atoms with Gasteiger partial charge in [-0.05, 0) is 21.8 Å². The van der Waals surface area contributed by atoms with Crippen molar-refractivity contribution in [3.05, 3.63) is 60.7 Å². The van der Waals surface area contributed by atoms with Gasteiger partial charge >= 0.3 is 5.97 Å². The highest BCUT2D eigenvalue weighted by atomic mass is 28.4. The molecule has 0 amide bonds. The minimum Gasteiger partial charge on any atom is -0.460 e. The predicted molar refractivity (Wildman–Crippen MR) is 103 cm³/mol. The summed E-state index contributed by atoms with van der Waals surface area (Å²) in [6.45, 7) is 7.21. The smallest absolute Gasteiger partial charge is 0.306 e. The van der Waals surface area contributed by atoms with E-state index >= 15 is 0 Å². The fraction of sp³-hybridized carbons (Fsp3) is 0.381. The molecule has 2 aromatic carbocycles. The lowest BCUT2D eigenvalue weighted by molar-refractivity contribution is -0.142. The Morgan fingerprint density at radius 1 is 1.00 bits per heavy atom. The molecule has 1 saturated heterocycles. The third-order valence-electron chi connectivity index (χ3n) is 4.87. The molecule has 0 saturated carbocycles. The second-order valence-electron chi connectivity index (χ2n) is 7.62. The Hall–Kier alpha value is -1.91. The van der Waals surface area contributed by atoms with Crippen LogP contribution in [0.4, 0.5) is 0 Å². The van der Waals surface area contributed by atoms with E-state index in [-0.39, 0.29) is 17.1 Å². The summed E-state index contributed by atoms with van der Waals surface area (Å²) in [4.78, 5) is 11.4. The summed E-state index contributed by atoms with van der Waals surface area (Å²) >= 11 is 0. The molecule has 0 aromatic heterocycles. The van der Waals surface area contributed by atoms with Crippen LogP contribution in [0.5, 0.6) is 0 Å². The first-order chi connectivity index (χ1) is 11.9. The molecule has 0 radical (unpaired) electrons. The molecule has 1 aliphatic rings. The molecular weight excluding hydrogens is 333 g/mol. The maximum atomic E-state index is 11.4. The van der Waals surface area contributed by atoms with Gasteiger partial charge in [0.05, 0.1) is 6.61 Å². The van der Waals surface area contributed by atoms with Crippen LogP contribution in [0.25, 0.3) is 0 Å². The first-order valence-electron chi connectivity index (χ1n) is 8.88. The lowest BCUT2D eigenvalue weighted by Crippen LogP contribution is -2.67. The van der Waals surface area contributed by atoms with Crippen molar-refractivity contribution in [2.24, 2.45) is 0 Å². The average molecular weight is 359 g/mol. The van der Waals surface area contributed by atoms with Gasteiger partial charge in [0, 0.05) is 6.42 Å². The zero-order valence-electron chi connectivity index (χ0n) is 15.2.